The smallest absolute Gasteiger partial charge is 0.322 e. The monoisotopic (exact) mass is 544 g/mol. The van der Waals surface area contributed by atoms with Crippen molar-refractivity contribution in [2.75, 3.05) is 30.5 Å². The van der Waals surface area contributed by atoms with E-state index in [4.69, 9.17) is 11.6 Å². The Labute approximate surface area is 219 Å². The summed E-state index contributed by atoms with van der Waals surface area (Å²) in [6, 6.07) is 15.6. The van der Waals surface area contributed by atoms with E-state index in [0.717, 1.165) is 6.26 Å². The van der Waals surface area contributed by atoms with Gasteiger partial charge in [-0.15, -0.1) is 0 Å². The normalized spacial score (nSPS) is 17.5. The molecule has 0 spiro atoms. The summed E-state index contributed by atoms with van der Waals surface area (Å²) in [6.45, 7) is 0.289. The molecule has 0 aromatic heterocycles. The summed E-state index contributed by atoms with van der Waals surface area (Å²) in [6.07, 6.45) is 1.43. The van der Waals surface area contributed by atoms with Gasteiger partial charge in [-0.1, -0.05) is 35.9 Å². The Kier molecular flexibility index (Phi) is 7.82. The number of urea groups is 1. The Hall–Kier alpha value is -3.47. The van der Waals surface area contributed by atoms with Crippen molar-refractivity contribution in [2.45, 2.75) is 23.4 Å². The molecule has 1 aliphatic heterocycles. The maximum atomic E-state index is 15.0. The molecule has 3 aromatic carbocycles. The average Bonchev–Trinajstić information content (AvgIpc) is 3.31. The number of nitrogens with one attached hydrogen (secondary N) is 3. The summed E-state index contributed by atoms with van der Waals surface area (Å²) in [5.74, 6) is -1.26. The Morgan fingerprint density at radius 3 is 2.38 bits per heavy atom. The zero-order valence-corrected chi connectivity index (χ0v) is 21.7. The van der Waals surface area contributed by atoms with Crippen LogP contribution in [-0.2, 0) is 14.6 Å². The first-order valence-corrected chi connectivity index (χ1v) is 13.7. The van der Waals surface area contributed by atoms with Crippen molar-refractivity contribution in [3.63, 3.8) is 0 Å². The highest BCUT2D eigenvalue weighted by molar-refractivity contribution is 7.90. The second-order valence-corrected chi connectivity index (χ2v) is 11.2. The first kappa shape index (κ1) is 26.6. The van der Waals surface area contributed by atoms with E-state index in [0.29, 0.717) is 28.3 Å². The average molecular weight is 545 g/mol. The number of carbonyl (C=O) groups is 2. The van der Waals surface area contributed by atoms with E-state index >= 15 is 4.39 Å². The van der Waals surface area contributed by atoms with Gasteiger partial charge in [0.15, 0.2) is 9.84 Å². The van der Waals surface area contributed by atoms with Crippen molar-refractivity contribution in [2.24, 2.45) is 0 Å². The molecular weight excluding hydrogens is 519 g/mol. The third kappa shape index (κ3) is 6.10. The van der Waals surface area contributed by atoms with Crippen molar-refractivity contribution in [3.8, 4) is 11.1 Å². The number of amides is 3. The topological polar surface area (TPSA) is 108 Å². The number of halogens is 2. The van der Waals surface area contributed by atoms with Gasteiger partial charge in [-0.25, -0.2) is 17.6 Å². The molecule has 3 N–H and O–H groups in total. The lowest BCUT2D eigenvalue weighted by atomic mass is 10.0. The largest absolute Gasteiger partial charge is 0.322 e. The van der Waals surface area contributed by atoms with Crippen LogP contribution in [0.5, 0.6) is 0 Å². The second kappa shape index (κ2) is 10.9. The van der Waals surface area contributed by atoms with Crippen LogP contribution in [0.1, 0.15) is 6.42 Å². The summed E-state index contributed by atoms with van der Waals surface area (Å²) in [5, 5.41) is 8.94. The van der Waals surface area contributed by atoms with Crippen molar-refractivity contribution < 1.29 is 22.4 Å². The molecule has 37 heavy (non-hydrogen) atoms. The number of hydrogen-bond donors (Lipinski definition) is 3. The van der Waals surface area contributed by atoms with E-state index in [9.17, 15) is 18.0 Å². The summed E-state index contributed by atoms with van der Waals surface area (Å²) >= 11 is 5.90. The molecule has 1 saturated heterocycles. The molecule has 0 saturated carbocycles. The lowest BCUT2D eigenvalue weighted by Gasteiger charge is -2.24. The molecule has 0 radical (unpaired) electrons. The lowest BCUT2D eigenvalue weighted by Crippen LogP contribution is -2.45. The highest BCUT2D eigenvalue weighted by Crippen LogP contribution is 2.30. The van der Waals surface area contributed by atoms with Crippen LogP contribution < -0.4 is 16.0 Å². The van der Waals surface area contributed by atoms with E-state index in [1.165, 1.54) is 23.1 Å². The molecule has 8 nitrogen and oxygen atoms in total. The summed E-state index contributed by atoms with van der Waals surface area (Å²) in [4.78, 5) is 27.6. The third-order valence-electron chi connectivity index (χ3n) is 6.19. The molecule has 194 valence electrons. The van der Waals surface area contributed by atoms with Gasteiger partial charge in [0.2, 0.25) is 5.91 Å². The molecule has 1 aliphatic rings. The van der Waals surface area contributed by atoms with Crippen LogP contribution in [0.15, 0.2) is 71.6 Å². The van der Waals surface area contributed by atoms with Gasteiger partial charge in [0, 0.05) is 35.1 Å². The molecule has 3 amide bonds. The van der Waals surface area contributed by atoms with Crippen molar-refractivity contribution in [3.05, 3.63) is 77.6 Å². The van der Waals surface area contributed by atoms with E-state index in [1.807, 2.05) is 0 Å². The van der Waals surface area contributed by atoms with Gasteiger partial charge in [-0.2, -0.15) is 0 Å². The van der Waals surface area contributed by atoms with Gasteiger partial charge in [-0.3, -0.25) is 4.79 Å². The number of sulfone groups is 1. The van der Waals surface area contributed by atoms with Crippen molar-refractivity contribution in [1.82, 2.24) is 10.2 Å². The molecule has 0 bridgehead atoms. The minimum Gasteiger partial charge on any atom is -0.322 e. The number of rotatable bonds is 6. The van der Waals surface area contributed by atoms with Gasteiger partial charge in [0.1, 0.15) is 11.9 Å². The fraction of sp³-hybridized carbons (Fsp3) is 0.231. The minimum absolute atomic E-state index is 0.0726. The van der Waals surface area contributed by atoms with Gasteiger partial charge in [0.05, 0.1) is 10.6 Å². The quantitative estimate of drug-likeness (QED) is 0.427. The maximum Gasteiger partial charge on any atom is 0.322 e. The summed E-state index contributed by atoms with van der Waals surface area (Å²) in [7, 11) is -1.79. The number of nitrogens with zero attached hydrogens (tertiary/aromatic N) is 1. The molecule has 1 heterocycles. The van der Waals surface area contributed by atoms with Crippen LogP contribution in [0.25, 0.3) is 11.1 Å². The number of benzene rings is 3. The highest BCUT2D eigenvalue weighted by Gasteiger charge is 2.39. The molecule has 2 unspecified atom stereocenters. The predicted molar refractivity (Wildman–Crippen MR) is 142 cm³/mol. The molecule has 2 atom stereocenters. The maximum absolute atomic E-state index is 15.0. The predicted octanol–water partition coefficient (Wildman–Crippen LogP) is 4.38. The van der Waals surface area contributed by atoms with Crippen molar-refractivity contribution >= 4 is 44.8 Å². The van der Waals surface area contributed by atoms with E-state index < -0.39 is 33.6 Å². The number of carbonyl (C=O) groups excluding carboxylic acids is 2. The molecule has 0 aliphatic carbocycles. The fourth-order valence-corrected chi connectivity index (χ4v) is 5.31. The van der Waals surface area contributed by atoms with Crippen LogP contribution >= 0.6 is 11.6 Å². The van der Waals surface area contributed by atoms with E-state index in [2.05, 4.69) is 16.0 Å². The first-order valence-electron chi connectivity index (χ1n) is 11.5. The number of hydrogen-bond acceptors (Lipinski definition) is 5. The zero-order valence-electron chi connectivity index (χ0n) is 20.2. The van der Waals surface area contributed by atoms with Crippen LogP contribution in [0.4, 0.5) is 20.6 Å². The Morgan fingerprint density at radius 1 is 1.03 bits per heavy atom. The second-order valence-electron chi connectivity index (χ2n) is 8.78. The summed E-state index contributed by atoms with van der Waals surface area (Å²) in [5.41, 5.74) is 1.17. The summed E-state index contributed by atoms with van der Waals surface area (Å²) < 4.78 is 39.3. The lowest BCUT2D eigenvalue weighted by molar-refractivity contribution is -0.119. The third-order valence-corrected chi connectivity index (χ3v) is 7.60. The van der Waals surface area contributed by atoms with Crippen LogP contribution in [-0.4, -0.2) is 57.2 Å². The zero-order chi connectivity index (χ0) is 26.7. The standard InChI is InChI=1S/C26H26ClFN4O4S/c1-29-19-14-23(32(15-19)26(34)30-18-10-8-17(27)9-11-18)25(33)31-22-12-7-16(13-21(22)28)20-5-3-4-6-24(20)37(2,35)36/h3-13,19,23,29H,14-15H2,1-2H3,(H,30,34)(H,31,33). The highest BCUT2D eigenvalue weighted by atomic mass is 35.5. The van der Waals surface area contributed by atoms with E-state index in [1.54, 1.807) is 55.6 Å². The molecular formula is C26H26ClFN4O4S. The van der Waals surface area contributed by atoms with Gasteiger partial charge >= 0.3 is 6.03 Å². The number of anilines is 2. The van der Waals surface area contributed by atoms with Crippen LogP contribution in [0, 0.1) is 5.82 Å². The number of likely N-dealkylation sites (tertiary alicyclic amines) is 1. The minimum atomic E-state index is -3.53. The molecule has 4 rings (SSSR count). The van der Waals surface area contributed by atoms with E-state index in [-0.39, 0.29) is 23.2 Å². The Bertz CT molecular complexity index is 1430. The SMILES string of the molecule is CNC1CC(C(=O)Nc2ccc(-c3ccccc3S(C)(=O)=O)cc2F)N(C(=O)Nc2ccc(Cl)cc2)C1. The Balaban J connectivity index is 1.53. The van der Waals surface area contributed by atoms with Crippen LogP contribution in [0.2, 0.25) is 5.02 Å². The van der Waals surface area contributed by atoms with Gasteiger partial charge in [0.25, 0.3) is 0 Å². The molecule has 1 fully saturated rings. The molecule has 3 aromatic rings. The van der Waals surface area contributed by atoms with Crippen LogP contribution in [0.3, 0.4) is 0 Å². The fourth-order valence-electron chi connectivity index (χ4n) is 4.28. The van der Waals surface area contributed by atoms with Gasteiger partial charge in [-0.05, 0) is 61.5 Å². The molecule has 11 heteroatoms. The Morgan fingerprint density at radius 2 is 1.73 bits per heavy atom. The van der Waals surface area contributed by atoms with Crippen molar-refractivity contribution in [1.29, 1.82) is 0 Å². The van der Waals surface area contributed by atoms with Gasteiger partial charge < -0.3 is 20.9 Å². The first-order chi connectivity index (χ1) is 17.6. The number of likely N-dealkylation sites (N-methyl/N-ethyl adjacent to an activating group) is 1.